The van der Waals surface area contributed by atoms with Crippen LogP contribution in [-0.2, 0) is 4.74 Å². The lowest BCUT2D eigenvalue weighted by Gasteiger charge is -2.38. The van der Waals surface area contributed by atoms with E-state index < -0.39 is 11.9 Å². The number of aromatic nitrogens is 4. The molecule has 2 unspecified atom stereocenters. The van der Waals surface area contributed by atoms with E-state index in [4.69, 9.17) is 16.3 Å². The number of benzene rings is 2. The van der Waals surface area contributed by atoms with Crippen LogP contribution in [-0.4, -0.2) is 63.4 Å². The Morgan fingerprint density at radius 3 is 2.91 bits per heavy atom. The lowest BCUT2D eigenvalue weighted by atomic mass is 10.0. The number of amides is 1. The molecule has 168 valence electrons. The van der Waals surface area contributed by atoms with E-state index in [1.54, 1.807) is 30.3 Å². The maximum absolute atomic E-state index is 14.8. The molecule has 10 heteroatoms. The summed E-state index contributed by atoms with van der Waals surface area (Å²) in [5.41, 5.74) is 2.51. The summed E-state index contributed by atoms with van der Waals surface area (Å²) in [6.45, 7) is 5.83. The molecule has 2 aromatic carbocycles. The number of nitrogens with one attached hydrogen (secondary N) is 1. The SMILES string of the molecule is Cc1cc(C(=O)NCC(c2c(F)cccc2Cl)N2CCOC(C)C2)ccc1-n1cnnn1. The minimum Gasteiger partial charge on any atom is -0.376 e. The number of hydrogen-bond acceptors (Lipinski definition) is 6. The fraction of sp³-hybridized carbons (Fsp3) is 0.364. The summed E-state index contributed by atoms with van der Waals surface area (Å²) in [5, 5.41) is 14.4. The van der Waals surface area contributed by atoms with Gasteiger partial charge in [-0.25, -0.2) is 9.07 Å². The molecule has 32 heavy (non-hydrogen) atoms. The minimum atomic E-state index is -0.416. The molecule has 0 spiro atoms. The van der Waals surface area contributed by atoms with Crippen LogP contribution in [0.15, 0.2) is 42.7 Å². The molecule has 2 heterocycles. The van der Waals surface area contributed by atoms with E-state index >= 15 is 0 Å². The molecule has 1 aliphatic rings. The van der Waals surface area contributed by atoms with Gasteiger partial charge in [-0.1, -0.05) is 17.7 Å². The van der Waals surface area contributed by atoms with Gasteiger partial charge in [-0.2, -0.15) is 0 Å². The molecule has 0 bridgehead atoms. The van der Waals surface area contributed by atoms with Crippen molar-refractivity contribution in [3.8, 4) is 5.69 Å². The predicted molar refractivity (Wildman–Crippen MR) is 117 cm³/mol. The number of nitrogens with zero attached hydrogens (tertiary/aromatic N) is 5. The first-order chi connectivity index (χ1) is 15.4. The van der Waals surface area contributed by atoms with Crippen LogP contribution in [0.2, 0.25) is 5.02 Å². The Morgan fingerprint density at radius 2 is 2.22 bits per heavy atom. The number of carbonyl (C=O) groups is 1. The van der Waals surface area contributed by atoms with E-state index in [0.717, 1.165) is 11.3 Å². The van der Waals surface area contributed by atoms with E-state index in [1.807, 2.05) is 13.8 Å². The third-order valence-corrected chi connectivity index (χ3v) is 5.89. The summed E-state index contributed by atoms with van der Waals surface area (Å²) in [6, 6.07) is 9.49. The number of tetrazole rings is 1. The molecule has 8 nitrogen and oxygen atoms in total. The van der Waals surface area contributed by atoms with Crippen LogP contribution in [0.1, 0.15) is 34.5 Å². The van der Waals surface area contributed by atoms with Crippen LogP contribution >= 0.6 is 11.6 Å². The van der Waals surface area contributed by atoms with Gasteiger partial charge in [0.25, 0.3) is 5.91 Å². The number of hydrogen-bond donors (Lipinski definition) is 1. The highest BCUT2D eigenvalue weighted by atomic mass is 35.5. The summed E-state index contributed by atoms with van der Waals surface area (Å²) in [5.74, 6) is -0.646. The second kappa shape index (κ2) is 9.72. The van der Waals surface area contributed by atoms with Crippen molar-refractivity contribution in [2.75, 3.05) is 26.2 Å². The van der Waals surface area contributed by atoms with E-state index in [9.17, 15) is 9.18 Å². The van der Waals surface area contributed by atoms with Gasteiger partial charge >= 0.3 is 0 Å². The quantitative estimate of drug-likeness (QED) is 0.611. The average molecular weight is 459 g/mol. The van der Waals surface area contributed by atoms with E-state index in [1.165, 1.54) is 17.1 Å². The molecule has 2 atom stereocenters. The molecular weight excluding hydrogens is 435 g/mol. The van der Waals surface area contributed by atoms with Gasteiger partial charge in [-0.3, -0.25) is 9.69 Å². The van der Waals surface area contributed by atoms with Crippen LogP contribution < -0.4 is 5.32 Å². The third-order valence-electron chi connectivity index (χ3n) is 5.56. The van der Waals surface area contributed by atoms with Gasteiger partial charge in [0.1, 0.15) is 12.1 Å². The summed E-state index contributed by atoms with van der Waals surface area (Å²) in [7, 11) is 0. The largest absolute Gasteiger partial charge is 0.376 e. The van der Waals surface area contributed by atoms with Crippen molar-refractivity contribution < 1.29 is 13.9 Å². The molecule has 0 aliphatic carbocycles. The maximum Gasteiger partial charge on any atom is 0.251 e. The Hall–Kier alpha value is -2.88. The van der Waals surface area contributed by atoms with Crippen molar-refractivity contribution >= 4 is 17.5 Å². The zero-order valence-electron chi connectivity index (χ0n) is 17.8. The first-order valence-electron chi connectivity index (χ1n) is 10.4. The summed E-state index contributed by atoms with van der Waals surface area (Å²) < 4.78 is 21.9. The van der Waals surface area contributed by atoms with Gasteiger partial charge in [-0.15, -0.1) is 5.10 Å². The summed E-state index contributed by atoms with van der Waals surface area (Å²) in [6.07, 6.45) is 1.50. The summed E-state index contributed by atoms with van der Waals surface area (Å²) in [4.78, 5) is 15.0. The van der Waals surface area contributed by atoms with Crippen LogP contribution in [0.25, 0.3) is 5.69 Å². The molecule has 0 radical (unpaired) electrons. The number of ether oxygens (including phenoxy) is 1. The first kappa shape index (κ1) is 22.3. The maximum atomic E-state index is 14.8. The van der Waals surface area contributed by atoms with Gasteiger partial charge in [-0.05, 0) is 60.2 Å². The van der Waals surface area contributed by atoms with Crippen LogP contribution in [0, 0.1) is 12.7 Å². The van der Waals surface area contributed by atoms with Crippen LogP contribution in [0.4, 0.5) is 4.39 Å². The molecule has 0 saturated carbocycles. The molecule has 3 aromatic rings. The Kier molecular flexibility index (Phi) is 6.78. The average Bonchev–Trinajstić information content (AvgIpc) is 3.30. The fourth-order valence-electron chi connectivity index (χ4n) is 3.99. The molecule has 1 amide bonds. The number of aryl methyl sites for hydroxylation is 1. The molecule has 1 N–H and O–H groups in total. The Morgan fingerprint density at radius 1 is 1.38 bits per heavy atom. The lowest BCUT2D eigenvalue weighted by Crippen LogP contribution is -2.47. The van der Waals surface area contributed by atoms with E-state index in [2.05, 4.69) is 25.7 Å². The van der Waals surface area contributed by atoms with Crippen molar-refractivity contribution in [1.29, 1.82) is 0 Å². The normalized spacial score (nSPS) is 17.8. The van der Waals surface area contributed by atoms with E-state index in [-0.39, 0.29) is 18.6 Å². The Bertz CT molecular complexity index is 1070. The number of halogens is 2. The first-order valence-corrected chi connectivity index (χ1v) is 10.7. The zero-order valence-corrected chi connectivity index (χ0v) is 18.6. The number of carbonyl (C=O) groups excluding carboxylic acids is 1. The van der Waals surface area contributed by atoms with Gasteiger partial charge in [0, 0.05) is 35.8 Å². The topological polar surface area (TPSA) is 85.2 Å². The highest BCUT2D eigenvalue weighted by Gasteiger charge is 2.29. The highest BCUT2D eigenvalue weighted by molar-refractivity contribution is 6.31. The fourth-order valence-corrected chi connectivity index (χ4v) is 4.28. The monoisotopic (exact) mass is 458 g/mol. The molecule has 1 aliphatic heterocycles. The molecule has 1 fully saturated rings. The van der Waals surface area contributed by atoms with Gasteiger partial charge in [0.05, 0.1) is 24.4 Å². The van der Waals surface area contributed by atoms with Crippen molar-refractivity contribution in [3.63, 3.8) is 0 Å². The smallest absolute Gasteiger partial charge is 0.251 e. The Balaban J connectivity index is 1.54. The van der Waals surface area contributed by atoms with Crippen molar-refractivity contribution in [2.45, 2.75) is 26.0 Å². The lowest BCUT2D eigenvalue weighted by molar-refractivity contribution is -0.0346. The van der Waals surface area contributed by atoms with E-state index in [0.29, 0.717) is 35.8 Å². The van der Waals surface area contributed by atoms with Crippen LogP contribution in [0.5, 0.6) is 0 Å². The van der Waals surface area contributed by atoms with Crippen molar-refractivity contribution in [3.05, 3.63) is 70.3 Å². The number of rotatable bonds is 6. The van der Waals surface area contributed by atoms with Gasteiger partial charge < -0.3 is 10.1 Å². The highest BCUT2D eigenvalue weighted by Crippen LogP contribution is 2.31. The molecule has 1 saturated heterocycles. The minimum absolute atomic E-state index is 0.00831. The van der Waals surface area contributed by atoms with Gasteiger partial charge in [0.15, 0.2) is 0 Å². The van der Waals surface area contributed by atoms with Crippen molar-refractivity contribution in [2.24, 2.45) is 0 Å². The molecule has 4 rings (SSSR count). The standard InChI is InChI=1S/C22H24ClFN6O2/c1-14-10-16(6-7-19(14)30-13-26-27-28-30)22(31)25-11-20(29-8-9-32-15(2)12-29)21-17(23)4-3-5-18(21)24/h3-7,10,13,15,20H,8-9,11-12H2,1-2H3,(H,25,31). The third kappa shape index (κ3) is 4.79. The number of morpholine rings is 1. The molecule has 1 aromatic heterocycles. The predicted octanol–water partition coefficient (Wildman–Crippen LogP) is 2.96. The summed E-state index contributed by atoms with van der Waals surface area (Å²) >= 11 is 6.37. The molecular formula is C22H24ClFN6O2. The second-order valence-electron chi connectivity index (χ2n) is 7.79. The van der Waals surface area contributed by atoms with Crippen molar-refractivity contribution in [1.82, 2.24) is 30.4 Å². The Labute approximate surface area is 190 Å². The van der Waals surface area contributed by atoms with Crippen LogP contribution in [0.3, 0.4) is 0 Å². The zero-order chi connectivity index (χ0) is 22.7. The second-order valence-corrected chi connectivity index (χ2v) is 8.20. The van der Waals surface area contributed by atoms with Gasteiger partial charge in [0.2, 0.25) is 0 Å².